The fraction of sp³-hybridized carbons (Fsp3) is 0.467. The van der Waals surface area contributed by atoms with Gasteiger partial charge in [-0.1, -0.05) is 19.1 Å². The van der Waals surface area contributed by atoms with Crippen molar-refractivity contribution < 1.29 is 14.0 Å². The topological polar surface area (TPSA) is 49.4 Å². The van der Waals surface area contributed by atoms with Crippen LogP contribution < -0.4 is 5.32 Å². The Kier molecular flexibility index (Phi) is 3.00. The van der Waals surface area contributed by atoms with Crippen molar-refractivity contribution in [1.29, 1.82) is 0 Å². The Bertz CT molecular complexity index is 587. The minimum atomic E-state index is -0.506. The fourth-order valence-corrected chi connectivity index (χ4v) is 3.23. The highest BCUT2D eigenvalue weighted by Gasteiger charge is 2.44. The van der Waals surface area contributed by atoms with E-state index in [-0.39, 0.29) is 29.7 Å². The summed E-state index contributed by atoms with van der Waals surface area (Å²) < 4.78 is 13.9. The molecule has 0 bridgehead atoms. The van der Waals surface area contributed by atoms with Crippen molar-refractivity contribution in [2.24, 2.45) is 5.92 Å². The van der Waals surface area contributed by atoms with E-state index in [2.05, 4.69) is 5.32 Å². The van der Waals surface area contributed by atoms with Crippen LogP contribution in [-0.4, -0.2) is 22.9 Å². The highest BCUT2D eigenvalue weighted by atomic mass is 19.1. The summed E-state index contributed by atoms with van der Waals surface area (Å²) in [5.74, 6) is -0.354. The summed E-state index contributed by atoms with van der Waals surface area (Å²) in [5, 5.41) is 2.62. The number of urea groups is 1. The molecule has 0 radical (unpaired) electrons. The van der Waals surface area contributed by atoms with E-state index in [1.165, 1.54) is 11.0 Å². The van der Waals surface area contributed by atoms with Crippen molar-refractivity contribution in [2.45, 2.75) is 38.8 Å². The lowest BCUT2D eigenvalue weighted by Gasteiger charge is -2.36. The van der Waals surface area contributed by atoms with Gasteiger partial charge >= 0.3 is 6.03 Å². The van der Waals surface area contributed by atoms with E-state index in [1.54, 1.807) is 13.0 Å². The van der Waals surface area contributed by atoms with Gasteiger partial charge in [0.1, 0.15) is 11.9 Å². The Morgan fingerprint density at radius 2 is 2.05 bits per heavy atom. The summed E-state index contributed by atoms with van der Waals surface area (Å²) in [6.07, 6.45) is 1.42. The van der Waals surface area contributed by atoms with Crippen molar-refractivity contribution in [3.05, 3.63) is 35.1 Å². The van der Waals surface area contributed by atoms with Crippen molar-refractivity contribution in [1.82, 2.24) is 10.2 Å². The first-order chi connectivity index (χ1) is 9.50. The number of amides is 3. The molecule has 106 valence electrons. The van der Waals surface area contributed by atoms with Gasteiger partial charge in [-0.25, -0.2) is 9.18 Å². The van der Waals surface area contributed by atoms with Gasteiger partial charge in [0.15, 0.2) is 0 Å². The summed E-state index contributed by atoms with van der Waals surface area (Å²) in [5.41, 5.74) is 1.40. The van der Waals surface area contributed by atoms with Gasteiger partial charge in [0.2, 0.25) is 0 Å². The lowest BCUT2D eigenvalue weighted by atomic mass is 9.79. The number of fused-ring (bicyclic) bond motifs is 1. The van der Waals surface area contributed by atoms with Crippen LogP contribution in [0.4, 0.5) is 9.18 Å². The summed E-state index contributed by atoms with van der Waals surface area (Å²) in [6, 6.07) is 3.64. The quantitative estimate of drug-likeness (QED) is 0.801. The minimum absolute atomic E-state index is 0.129. The number of hydrogen-bond acceptors (Lipinski definition) is 2. The lowest BCUT2D eigenvalue weighted by molar-refractivity contribution is -0.129. The molecule has 5 heteroatoms. The number of imide groups is 1. The molecule has 1 saturated heterocycles. The third-order valence-electron chi connectivity index (χ3n) is 4.31. The molecule has 1 aliphatic heterocycles. The van der Waals surface area contributed by atoms with E-state index in [0.717, 1.165) is 12.0 Å². The smallest absolute Gasteiger partial charge is 0.325 e. The van der Waals surface area contributed by atoms with Gasteiger partial charge < -0.3 is 5.32 Å². The molecule has 3 amide bonds. The Labute approximate surface area is 117 Å². The maximum absolute atomic E-state index is 13.9. The van der Waals surface area contributed by atoms with Gasteiger partial charge in [-0.05, 0) is 42.9 Å². The molecule has 1 heterocycles. The van der Waals surface area contributed by atoms with Crippen molar-refractivity contribution >= 4 is 11.9 Å². The largest absolute Gasteiger partial charge is 0.326 e. The van der Waals surface area contributed by atoms with Gasteiger partial charge in [-0.15, -0.1) is 0 Å². The Morgan fingerprint density at radius 1 is 1.30 bits per heavy atom. The van der Waals surface area contributed by atoms with Crippen LogP contribution in [0.15, 0.2) is 18.2 Å². The third kappa shape index (κ3) is 1.80. The molecular formula is C15H17FN2O2. The first-order valence-electron chi connectivity index (χ1n) is 6.91. The van der Waals surface area contributed by atoms with Crippen LogP contribution in [-0.2, 0) is 11.2 Å². The van der Waals surface area contributed by atoms with Gasteiger partial charge in [-0.2, -0.15) is 0 Å². The van der Waals surface area contributed by atoms with Crippen LogP contribution in [0.3, 0.4) is 0 Å². The number of hydrogen-bond donors (Lipinski definition) is 1. The molecule has 0 unspecified atom stereocenters. The standard InChI is InChI=1S/C15H17FN2O2/c1-8-6-7-10-11(4-3-5-12(10)16)13(8)18-14(19)9(2)17-15(18)20/h3-5,8-9,13H,6-7H2,1-2H3,(H,17,20)/t8-,9-,13-/m0/s1. The highest BCUT2D eigenvalue weighted by Crippen LogP contribution is 2.40. The SMILES string of the molecule is C[C@@H]1NC(=O)N([C@@H]2c3cccc(F)c3CC[C@@H]2C)C1=O. The number of carbonyl (C=O) groups is 2. The van der Waals surface area contributed by atoms with E-state index in [4.69, 9.17) is 0 Å². The molecule has 20 heavy (non-hydrogen) atoms. The van der Waals surface area contributed by atoms with E-state index in [9.17, 15) is 14.0 Å². The van der Waals surface area contributed by atoms with Gasteiger partial charge in [0, 0.05) is 0 Å². The third-order valence-corrected chi connectivity index (χ3v) is 4.31. The molecular weight excluding hydrogens is 259 g/mol. The second-order valence-corrected chi connectivity index (χ2v) is 5.65. The molecule has 1 N–H and O–H groups in total. The Hall–Kier alpha value is -1.91. The summed E-state index contributed by atoms with van der Waals surface area (Å²) in [7, 11) is 0. The molecule has 0 spiro atoms. The molecule has 1 aliphatic carbocycles. The maximum atomic E-state index is 13.9. The second kappa shape index (κ2) is 4.58. The number of nitrogens with zero attached hydrogens (tertiary/aromatic N) is 1. The normalized spacial score (nSPS) is 29.4. The number of rotatable bonds is 1. The zero-order chi connectivity index (χ0) is 14.4. The molecule has 1 fully saturated rings. The first kappa shape index (κ1) is 13.1. The average molecular weight is 276 g/mol. The van der Waals surface area contributed by atoms with Gasteiger partial charge in [0.25, 0.3) is 5.91 Å². The summed E-state index contributed by atoms with van der Waals surface area (Å²) >= 11 is 0. The van der Waals surface area contributed by atoms with Crippen LogP contribution >= 0.6 is 0 Å². The van der Waals surface area contributed by atoms with Crippen LogP contribution in [0.5, 0.6) is 0 Å². The predicted octanol–water partition coefficient (Wildman–Crippen LogP) is 2.39. The number of nitrogens with one attached hydrogen (secondary N) is 1. The van der Waals surface area contributed by atoms with Crippen molar-refractivity contribution in [2.75, 3.05) is 0 Å². The van der Waals surface area contributed by atoms with Crippen molar-refractivity contribution in [3.63, 3.8) is 0 Å². The van der Waals surface area contributed by atoms with Crippen LogP contribution in [0, 0.1) is 11.7 Å². The Morgan fingerprint density at radius 3 is 2.70 bits per heavy atom. The molecule has 3 atom stereocenters. The molecule has 0 saturated carbocycles. The second-order valence-electron chi connectivity index (χ2n) is 5.65. The lowest BCUT2D eigenvalue weighted by Crippen LogP contribution is -2.40. The summed E-state index contributed by atoms with van der Waals surface area (Å²) in [4.78, 5) is 25.5. The molecule has 4 nitrogen and oxygen atoms in total. The van der Waals surface area contributed by atoms with Crippen LogP contribution in [0.25, 0.3) is 0 Å². The fourth-order valence-electron chi connectivity index (χ4n) is 3.23. The van der Waals surface area contributed by atoms with Crippen LogP contribution in [0.2, 0.25) is 0 Å². The maximum Gasteiger partial charge on any atom is 0.325 e. The molecule has 1 aromatic carbocycles. The van der Waals surface area contributed by atoms with E-state index in [0.29, 0.717) is 12.0 Å². The zero-order valence-corrected chi connectivity index (χ0v) is 11.5. The molecule has 0 aromatic heterocycles. The monoisotopic (exact) mass is 276 g/mol. The van der Waals surface area contributed by atoms with E-state index < -0.39 is 6.04 Å². The van der Waals surface area contributed by atoms with Gasteiger partial charge in [-0.3, -0.25) is 9.69 Å². The number of carbonyl (C=O) groups excluding carboxylic acids is 2. The number of benzene rings is 1. The first-order valence-corrected chi connectivity index (χ1v) is 6.91. The van der Waals surface area contributed by atoms with E-state index >= 15 is 0 Å². The number of halogens is 1. The highest BCUT2D eigenvalue weighted by molar-refractivity contribution is 6.04. The van der Waals surface area contributed by atoms with Crippen LogP contribution in [0.1, 0.15) is 37.4 Å². The van der Waals surface area contributed by atoms with E-state index in [1.807, 2.05) is 13.0 Å². The van der Waals surface area contributed by atoms with Gasteiger partial charge in [0.05, 0.1) is 6.04 Å². The molecule has 1 aromatic rings. The predicted molar refractivity (Wildman–Crippen MR) is 71.5 cm³/mol. The molecule has 3 rings (SSSR count). The van der Waals surface area contributed by atoms with Crippen molar-refractivity contribution in [3.8, 4) is 0 Å². The zero-order valence-electron chi connectivity index (χ0n) is 11.5. The minimum Gasteiger partial charge on any atom is -0.326 e. The average Bonchev–Trinajstić information content (AvgIpc) is 2.65. The molecule has 2 aliphatic rings. The Balaban J connectivity index is 2.08. The summed E-state index contributed by atoms with van der Waals surface area (Å²) in [6.45, 7) is 3.67.